The van der Waals surface area contributed by atoms with E-state index < -0.39 is 0 Å². The summed E-state index contributed by atoms with van der Waals surface area (Å²) in [5.41, 5.74) is 0.930. The molecule has 1 aromatic rings. The third-order valence-electron chi connectivity index (χ3n) is 3.11. The van der Waals surface area contributed by atoms with Gasteiger partial charge in [0.25, 0.3) is 0 Å². The summed E-state index contributed by atoms with van der Waals surface area (Å²) in [6.07, 6.45) is 2.28. The fourth-order valence-corrected chi connectivity index (χ4v) is 2.26. The van der Waals surface area contributed by atoms with Gasteiger partial charge in [-0.2, -0.15) is 0 Å². The Morgan fingerprint density at radius 3 is 2.42 bits per heavy atom. The highest BCUT2D eigenvalue weighted by atomic mass is 35.5. The first-order valence-electron chi connectivity index (χ1n) is 6.33. The van der Waals surface area contributed by atoms with Crippen LogP contribution < -0.4 is 14.2 Å². The molecule has 19 heavy (non-hydrogen) atoms. The summed E-state index contributed by atoms with van der Waals surface area (Å²) in [7, 11) is 3.21. The molecule has 0 saturated carbocycles. The zero-order chi connectivity index (χ0) is 13.7. The number of methoxy groups -OCH3 is 2. The molecule has 1 aliphatic rings. The van der Waals surface area contributed by atoms with Gasteiger partial charge < -0.3 is 18.9 Å². The molecule has 5 heteroatoms. The molecule has 0 spiro atoms. The Kier molecular flexibility index (Phi) is 5.16. The molecule has 0 bridgehead atoms. The van der Waals surface area contributed by atoms with Gasteiger partial charge in [-0.25, -0.2) is 0 Å². The van der Waals surface area contributed by atoms with E-state index in [1.54, 1.807) is 14.2 Å². The Balaban J connectivity index is 2.16. The molecular weight excluding hydrogens is 268 g/mol. The summed E-state index contributed by atoms with van der Waals surface area (Å²) < 4.78 is 22.0. The monoisotopic (exact) mass is 286 g/mol. The Morgan fingerprint density at radius 1 is 1.26 bits per heavy atom. The van der Waals surface area contributed by atoms with Gasteiger partial charge in [-0.3, -0.25) is 0 Å². The number of hydrogen-bond donors (Lipinski definition) is 0. The van der Waals surface area contributed by atoms with Crippen molar-refractivity contribution in [1.29, 1.82) is 0 Å². The summed E-state index contributed by atoms with van der Waals surface area (Å²) >= 11 is 5.85. The predicted molar refractivity (Wildman–Crippen MR) is 73.6 cm³/mol. The second-order valence-electron chi connectivity index (χ2n) is 4.41. The predicted octanol–water partition coefficient (Wildman–Crippen LogP) is 3.00. The van der Waals surface area contributed by atoms with Crippen molar-refractivity contribution in [2.75, 3.05) is 27.4 Å². The van der Waals surface area contributed by atoms with E-state index in [-0.39, 0.29) is 6.10 Å². The van der Waals surface area contributed by atoms with Crippen molar-refractivity contribution in [3.63, 3.8) is 0 Å². The highest BCUT2D eigenvalue weighted by Gasteiger charge is 2.19. The summed E-state index contributed by atoms with van der Waals surface area (Å²) in [6.45, 7) is 1.32. The first-order valence-corrected chi connectivity index (χ1v) is 6.87. The van der Waals surface area contributed by atoms with Crippen LogP contribution in [0.5, 0.6) is 17.2 Å². The number of rotatable bonds is 6. The lowest BCUT2D eigenvalue weighted by Crippen LogP contribution is -2.17. The topological polar surface area (TPSA) is 36.9 Å². The SMILES string of the molecule is COc1cc(CCl)cc(OC)c1OCC1CCCO1. The molecule has 0 amide bonds. The summed E-state index contributed by atoms with van der Waals surface area (Å²) in [5.74, 6) is 2.27. The summed E-state index contributed by atoms with van der Waals surface area (Å²) in [5, 5.41) is 0. The van der Waals surface area contributed by atoms with Crippen LogP contribution in [-0.4, -0.2) is 33.5 Å². The molecule has 0 N–H and O–H groups in total. The highest BCUT2D eigenvalue weighted by Crippen LogP contribution is 2.39. The third-order valence-corrected chi connectivity index (χ3v) is 3.42. The summed E-state index contributed by atoms with van der Waals surface area (Å²) in [4.78, 5) is 0. The van der Waals surface area contributed by atoms with Crippen LogP contribution in [0.4, 0.5) is 0 Å². The molecular formula is C14H19ClO4. The molecule has 2 rings (SSSR count). The van der Waals surface area contributed by atoms with E-state index in [1.165, 1.54) is 0 Å². The largest absolute Gasteiger partial charge is 0.493 e. The highest BCUT2D eigenvalue weighted by molar-refractivity contribution is 6.17. The van der Waals surface area contributed by atoms with E-state index in [0.29, 0.717) is 29.7 Å². The van der Waals surface area contributed by atoms with Gasteiger partial charge in [0.2, 0.25) is 5.75 Å². The average Bonchev–Trinajstić information content (AvgIpc) is 2.97. The molecule has 106 valence electrons. The third kappa shape index (κ3) is 3.45. The average molecular weight is 287 g/mol. The van der Waals surface area contributed by atoms with E-state index in [0.717, 1.165) is 25.0 Å². The van der Waals surface area contributed by atoms with Gasteiger partial charge in [-0.1, -0.05) is 0 Å². The first-order chi connectivity index (χ1) is 9.28. The first kappa shape index (κ1) is 14.3. The van der Waals surface area contributed by atoms with E-state index >= 15 is 0 Å². The van der Waals surface area contributed by atoms with Gasteiger partial charge in [0.05, 0.1) is 20.3 Å². The minimum Gasteiger partial charge on any atom is -0.493 e. The van der Waals surface area contributed by atoms with Crippen LogP contribution in [0.15, 0.2) is 12.1 Å². The van der Waals surface area contributed by atoms with Crippen molar-refractivity contribution in [3.05, 3.63) is 17.7 Å². The lowest BCUT2D eigenvalue weighted by molar-refractivity contribution is 0.0659. The maximum Gasteiger partial charge on any atom is 0.203 e. The molecule has 1 aromatic carbocycles. The van der Waals surface area contributed by atoms with Gasteiger partial charge in [-0.15, -0.1) is 11.6 Å². The van der Waals surface area contributed by atoms with Crippen LogP contribution in [0, 0.1) is 0 Å². The molecule has 1 atom stereocenters. The Hall–Kier alpha value is -1.13. The van der Waals surface area contributed by atoms with Crippen molar-refractivity contribution in [3.8, 4) is 17.2 Å². The van der Waals surface area contributed by atoms with Crippen molar-refractivity contribution >= 4 is 11.6 Å². The number of halogens is 1. The second kappa shape index (κ2) is 6.87. The van der Waals surface area contributed by atoms with Crippen LogP contribution >= 0.6 is 11.6 Å². The van der Waals surface area contributed by atoms with E-state index in [9.17, 15) is 0 Å². The zero-order valence-electron chi connectivity index (χ0n) is 11.3. The fourth-order valence-electron chi connectivity index (χ4n) is 2.11. The molecule has 1 unspecified atom stereocenters. The van der Waals surface area contributed by atoms with E-state index in [2.05, 4.69) is 0 Å². The summed E-state index contributed by atoms with van der Waals surface area (Å²) in [6, 6.07) is 3.72. The number of hydrogen-bond acceptors (Lipinski definition) is 4. The standard InChI is InChI=1S/C14H19ClO4/c1-16-12-6-10(8-15)7-13(17-2)14(12)19-9-11-4-3-5-18-11/h6-7,11H,3-5,8-9H2,1-2H3. The quantitative estimate of drug-likeness (QED) is 0.754. The molecule has 0 aromatic heterocycles. The molecule has 1 saturated heterocycles. The Bertz CT molecular complexity index is 391. The Labute approximate surface area is 118 Å². The van der Waals surface area contributed by atoms with Crippen LogP contribution in [0.2, 0.25) is 0 Å². The van der Waals surface area contributed by atoms with E-state index in [4.69, 9.17) is 30.5 Å². The van der Waals surface area contributed by atoms with Crippen LogP contribution in [0.1, 0.15) is 18.4 Å². The zero-order valence-corrected chi connectivity index (χ0v) is 12.0. The lowest BCUT2D eigenvalue weighted by Gasteiger charge is -2.17. The Morgan fingerprint density at radius 2 is 1.95 bits per heavy atom. The normalized spacial score (nSPS) is 18.4. The molecule has 1 fully saturated rings. The molecule has 4 nitrogen and oxygen atoms in total. The van der Waals surface area contributed by atoms with E-state index in [1.807, 2.05) is 12.1 Å². The van der Waals surface area contributed by atoms with Gasteiger partial charge in [0.1, 0.15) is 6.61 Å². The molecule has 1 heterocycles. The smallest absolute Gasteiger partial charge is 0.203 e. The van der Waals surface area contributed by atoms with Crippen molar-refractivity contribution in [2.45, 2.75) is 24.8 Å². The lowest BCUT2D eigenvalue weighted by atomic mass is 10.2. The number of alkyl halides is 1. The van der Waals surface area contributed by atoms with Gasteiger partial charge in [0.15, 0.2) is 11.5 Å². The van der Waals surface area contributed by atoms with Crippen LogP contribution in [-0.2, 0) is 10.6 Å². The van der Waals surface area contributed by atoms with Crippen LogP contribution in [0.25, 0.3) is 0 Å². The van der Waals surface area contributed by atoms with Gasteiger partial charge in [0, 0.05) is 12.5 Å². The van der Waals surface area contributed by atoms with Crippen molar-refractivity contribution in [2.24, 2.45) is 0 Å². The fraction of sp³-hybridized carbons (Fsp3) is 0.571. The van der Waals surface area contributed by atoms with Gasteiger partial charge in [-0.05, 0) is 30.5 Å². The molecule has 1 aliphatic heterocycles. The molecule has 0 aliphatic carbocycles. The van der Waals surface area contributed by atoms with Crippen molar-refractivity contribution in [1.82, 2.24) is 0 Å². The molecule has 0 radical (unpaired) electrons. The minimum atomic E-state index is 0.155. The number of benzene rings is 1. The number of ether oxygens (including phenoxy) is 4. The van der Waals surface area contributed by atoms with Crippen molar-refractivity contribution < 1.29 is 18.9 Å². The van der Waals surface area contributed by atoms with Crippen LogP contribution in [0.3, 0.4) is 0 Å². The maximum absolute atomic E-state index is 5.85. The minimum absolute atomic E-state index is 0.155. The maximum atomic E-state index is 5.85. The van der Waals surface area contributed by atoms with Gasteiger partial charge >= 0.3 is 0 Å². The second-order valence-corrected chi connectivity index (χ2v) is 4.68.